The van der Waals surface area contributed by atoms with Crippen LogP contribution in [0.5, 0.6) is 0 Å². The predicted molar refractivity (Wildman–Crippen MR) is 143 cm³/mol. The van der Waals surface area contributed by atoms with E-state index < -0.39 is 40.3 Å². The summed E-state index contributed by atoms with van der Waals surface area (Å²) < 4.78 is 0. The zero-order valence-electron chi connectivity index (χ0n) is 23.1. The molecule has 1 saturated heterocycles. The van der Waals surface area contributed by atoms with E-state index in [-0.39, 0.29) is 73.8 Å². The highest BCUT2D eigenvalue weighted by molar-refractivity contribution is 8.04. The Morgan fingerprint density at radius 3 is 2.40 bits per heavy atom. The zero-order valence-corrected chi connectivity index (χ0v) is 24.0. The number of hydroxylamine groups is 2. The summed E-state index contributed by atoms with van der Waals surface area (Å²) in [5, 5.41) is 33.1. The smallest absolute Gasteiger partial charge is 0.334 e. The van der Waals surface area contributed by atoms with Gasteiger partial charge >= 0.3 is 5.97 Å². The normalized spacial score (nSPS) is 39.2. The van der Waals surface area contributed by atoms with Gasteiger partial charge in [0.1, 0.15) is 5.60 Å². The molecule has 0 radical (unpaired) electrons. The maximum absolute atomic E-state index is 13.1. The lowest BCUT2D eigenvalue weighted by Crippen LogP contribution is -2.61. The van der Waals surface area contributed by atoms with Crippen LogP contribution in [0.2, 0.25) is 0 Å². The van der Waals surface area contributed by atoms with Crippen molar-refractivity contribution >= 4 is 41.1 Å². The molecule has 7 atom stereocenters. The second-order valence-electron chi connectivity index (χ2n) is 12.6. The quantitative estimate of drug-likeness (QED) is 0.365. The van der Waals surface area contributed by atoms with Crippen molar-refractivity contribution in [3.05, 3.63) is 10.5 Å². The second kappa shape index (κ2) is 10.6. The molecule has 5 aliphatic rings. The number of aliphatic hydroxyl groups excluding tert-OH is 2. The number of carbonyl (C=O) groups excluding carboxylic acids is 5. The lowest BCUT2D eigenvalue weighted by atomic mass is 9.45. The van der Waals surface area contributed by atoms with Gasteiger partial charge in [-0.25, -0.2) is 4.79 Å². The Morgan fingerprint density at radius 1 is 1.02 bits per heavy atom. The fourth-order valence-corrected chi connectivity index (χ4v) is 10.0. The maximum atomic E-state index is 13.1. The lowest BCUT2D eigenvalue weighted by molar-refractivity contribution is -0.197. The van der Waals surface area contributed by atoms with E-state index in [4.69, 9.17) is 4.84 Å². The second-order valence-corrected chi connectivity index (χ2v) is 13.7. The number of ketones is 2. The first-order valence-electron chi connectivity index (χ1n) is 14.4. The number of rotatable bonds is 8. The Balaban J connectivity index is 1.33. The molecule has 1 heterocycles. The number of allylic oxidation sites excluding steroid dienone is 1. The number of Topliss-reactive ketones (excluding diaryl/α,β-unsaturated/α-hetero) is 2. The van der Waals surface area contributed by atoms with Crippen LogP contribution in [0.25, 0.3) is 0 Å². The van der Waals surface area contributed by atoms with Gasteiger partial charge in [-0.1, -0.05) is 13.8 Å². The molecule has 10 nitrogen and oxygen atoms in total. The maximum Gasteiger partial charge on any atom is 0.334 e. The van der Waals surface area contributed by atoms with Crippen LogP contribution in [-0.4, -0.2) is 73.8 Å². The minimum Gasteiger partial charge on any atom is -0.396 e. The van der Waals surface area contributed by atoms with Gasteiger partial charge in [-0.2, -0.15) is 0 Å². The minimum absolute atomic E-state index is 0.0224. The fourth-order valence-electron chi connectivity index (χ4n) is 8.78. The third-order valence-corrected chi connectivity index (χ3v) is 11.9. The van der Waals surface area contributed by atoms with Gasteiger partial charge in [0.05, 0.1) is 24.0 Å². The third kappa shape index (κ3) is 4.48. The van der Waals surface area contributed by atoms with Crippen LogP contribution in [0.4, 0.5) is 0 Å². The van der Waals surface area contributed by atoms with Crippen LogP contribution in [-0.2, 0) is 28.8 Å². The van der Waals surface area contributed by atoms with Crippen molar-refractivity contribution in [3.63, 3.8) is 0 Å². The Morgan fingerprint density at radius 2 is 1.73 bits per heavy atom. The van der Waals surface area contributed by atoms with Crippen molar-refractivity contribution < 1.29 is 44.1 Å². The third-order valence-electron chi connectivity index (χ3n) is 10.7. The molecule has 4 aliphatic carbocycles. The van der Waals surface area contributed by atoms with Crippen molar-refractivity contribution in [2.45, 2.75) is 96.2 Å². The summed E-state index contributed by atoms with van der Waals surface area (Å²) in [6, 6.07) is 0. The van der Waals surface area contributed by atoms with E-state index in [1.54, 1.807) is 0 Å². The first-order chi connectivity index (χ1) is 18.9. The lowest BCUT2D eigenvalue weighted by Gasteiger charge is -2.60. The summed E-state index contributed by atoms with van der Waals surface area (Å²) in [7, 11) is 0. The van der Waals surface area contributed by atoms with Gasteiger partial charge in [-0.3, -0.25) is 19.2 Å². The van der Waals surface area contributed by atoms with Crippen LogP contribution in [0, 0.1) is 28.6 Å². The van der Waals surface area contributed by atoms with Crippen LogP contribution < -0.4 is 0 Å². The summed E-state index contributed by atoms with van der Waals surface area (Å²) >= 11 is 1.30. The SMILES string of the molecule is CC12CCC(=O)C(SCCC(=O)ON3C(=O)CCC3=O)=C1CCC1C2C(O)CC2(C)C1CC[C@]2(O)C(=O)CCO. The number of carbonyl (C=O) groups is 5. The zero-order chi connectivity index (χ0) is 29.0. The van der Waals surface area contributed by atoms with E-state index in [0.717, 1.165) is 12.0 Å². The number of aliphatic hydroxyl groups is 3. The molecule has 1 aliphatic heterocycles. The Bertz CT molecular complexity index is 1150. The number of nitrogens with zero attached hydrogens (tertiary/aromatic N) is 1. The number of fused-ring (bicyclic) bond motifs is 5. The van der Waals surface area contributed by atoms with Gasteiger partial charge in [-0.05, 0) is 67.3 Å². The molecule has 5 rings (SSSR count). The standard InChI is InChI=1S/C29H39NO9S/c1-27-11-8-19(32)26(40-14-10-24(37)39-30-22(35)5-6-23(30)36)18(27)4-3-16-17-7-12-29(38,21(34)9-13-31)28(17,2)15-20(33)25(16)27/h16-17,20,25,31,33,38H,3-15H2,1-2H3/t16?,17?,20?,25?,27?,28?,29-/m0/s1. The molecule has 4 fully saturated rings. The van der Waals surface area contributed by atoms with E-state index in [2.05, 4.69) is 6.92 Å². The number of hydrogen-bond acceptors (Lipinski definition) is 10. The molecule has 6 unspecified atom stereocenters. The van der Waals surface area contributed by atoms with Gasteiger partial charge in [0.15, 0.2) is 11.6 Å². The van der Waals surface area contributed by atoms with Crippen molar-refractivity contribution in [2.24, 2.45) is 28.6 Å². The Labute approximate surface area is 237 Å². The molecule has 0 spiro atoms. The Kier molecular flexibility index (Phi) is 7.82. The van der Waals surface area contributed by atoms with E-state index >= 15 is 0 Å². The number of imide groups is 1. The minimum atomic E-state index is -1.56. The highest BCUT2D eigenvalue weighted by atomic mass is 32.2. The van der Waals surface area contributed by atoms with Crippen molar-refractivity contribution in [2.75, 3.05) is 12.4 Å². The monoisotopic (exact) mass is 577 g/mol. The molecule has 11 heteroatoms. The first-order valence-corrected chi connectivity index (χ1v) is 15.4. The molecule has 0 aromatic carbocycles. The van der Waals surface area contributed by atoms with Crippen LogP contribution in [0.1, 0.15) is 84.5 Å². The average molecular weight is 578 g/mol. The van der Waals surface area contributed by atoms with Gasteiger partial charge in [-0.15, -0.1) is 16.8 Å². The highest BCUT2D eigenvalue weighted by Gasteiger charge is 2.68. The number of thioether (sulfide) groups is 1. The molecule has 0 bridgehead atoms. The van der Waals surface area contributed by atoms with Crippen LogP contribution >= 0.6 is 11.8 Å². The largest absolute Gasteiger partial charge is 0.396 e. The molecule has 3 saturated carbocycles. The van der Waals surface area contributed by atoms with Gasteiger partial charge < -0.3 is 20.2 Å². The first kappa shape index (κ1) is 29.4. The summed E-state index contributed by atoms with van der Waals surface area (Å²) in [6.07, 6.45) is 2.74. The molecular weight excluding hydrogens is 538 g/mol. The molecule has 40 heavy (non-hydrogen) atoms. The van der Waals surface area contributed by atoms with E-state index in [1.807, 2.05) is 6.92 Å². The van der Waals surface area contributed by atoms with Gasteiger partial charge in [0.2, 0.25) is 0 Å². The number of amides is 2. The summed E-state index contributed by atoms with van der Waals surface area (Å²) in [5.74, 6) is -1.84. The number of hydrogen-bond donors (Lipinski definition) is 3. The van der Waals surface area contributed by atoms with Crippen LogP contribution in [0.3, 0.4) is 0 Å². The van der Waals surface area contributed by atoms with Crippen molar-refractivity contribution in [1.82, 2.24) is 5.06 Å². The molecule has 0 aromatic heterocycles. The van der Waals surface area contributed by atoms with E-state index in [0.29, 0.717) is 42.1 Å². The van der Waals surface area contributed by atoms with Crippen LogP contribution in [0.15, 0.2) is 10.5 Å². The summed E-state index contributed by atoms with van der Waals surface area (Å²) in [4.78, 5) is 67.3. The summed E-state index contributed by atoms with van der Waals surface area (Å²) in [5.41, 5.74) is -1.76. The molecule has 3 N–H and O–H groups in total. The fraction of sp³-hybridized carbons (Fsp3) is 0.759. The van der Waals surface area contributed by atoms with E-state index in [1.165, 1.54) is 11.8 Å². The van der Waals surface area contributed by atoms with E-state index in [9.17, 15) is 39.3 Å². The summed E-state index contributed by atoms with van der Waals surface area (Å²) in [6.45, 7) is 3.72. The molecular formula is C29H39NO9S. The molecule has 220 valence electrons. The highest BCUT2D eigenvalue weighted by Crippen LogP contribution is 2.68. The van der Waals surface area contributed by atoms with Crippen molar-refractivity contribution in [1.29, 1.82) is 0 Å². The molecule has 0 aromatic rings. The average Bonchev–Trinajstić information content (AvgIpc) is 3.36. The van der Waals surface area contributed by atoms with Gasteiger partial charge in [0.25, 0.3) is 11.8 Å². The topological polar surface area (TPSA) is 159 Å². The Hall–Kier alpha value is -2.08. The van der Waals surface area contributed by atoms with Gasteiger partial charge in [0, 0.05) is 36.9 Å². The molecule has 2 amide bonds. The van der Waals surface area contributed by atoms with Crippen molar-refractivity contribution in [3.8, 4) is 0 Å². The predicted octanol–water partition coefficient (Wildman–Crippen LogP) is 2.23.